The van der Waals surface area contributed by atoms with Gasteiger partial charge >= 0.3 is 0 Å². The fourth-order valence-electron chi connectivity index (χ4n) is 2.79. The second-order valence-electron chi connectivity index (χ2n) is 7.09. The third-order valence-electron chi connectivity index (χ3n) is 4.87. The maximum absolute atomic E-state index is 12.8. The first kappa shape index (κ1) is 21.7. The number of ether oxygens (including phenoxy) is 2. The van der Waals surface area contributed by atoms with Gasteiger partial charge in [-0.25, -0.2) is 8.42 Å². The van der Waals surface area contributed by atoms with E-state index in [4.69, 9.17) is 9.47 Å². The number of hydrogen-bond acceptors (Lipinski definition) is 5. The van der Waals surface area contributed by atoms with Crippen LogP contribution in [0.5, 0.6) is 5.75 Å². The van der Waals surface area contributed by atoms with E-state index in [1.807, 2.05) is 20.8 Å². The molecule has 1 aliphatic rings. The second-order valence-corrected chi connectivity index (χ2v) is 9.03. The molecular weight excluding hydrogens is 368 g/mol. The number of carbonyl (C=O) groups is 1. The Morgan fingerprint density at radius 2 is 1.93 bits per heavy atom. The minimum absolute atomic E-state index is 0.0558. The van der Waals surface area contributed by atoms with Gasteiger partial charge in [0.2, 0.25) is 15.9 Å². The monoisotopic (exact) mass is 398 g/mol. The summed E-state index contributed by atoms with van der Waals surface area (Å²) < 4.78 is 37.7. The molecule has 27 heavy (non-hydrogen) atoms. The van der Waals surface area contributed by atoms with Gasteiger partial charge in [-0.3, -0.25) is 4.79 Å². The van der Waals surface area contributed by atoms with E-state index in [0.717, 1.165) is 0 Å². The van der Waals surface area contributed by atoms with Crippen LogP contribution in [0.15, 0.2) is 23.1 Å². The van der Waals surface area contributed by atoms with Crippen molar-refractivity contribution in [3.63, 3.8) is 0 Å². The van der Waals surface area contributed by atoms with E-state index in [-0.39, 0.29) is 23.3 Å². The summed E-state index contributed by atoms with van der Waals surface area (Å²) in [5.74, 6) is 0.880. The Hall–Kier alpha value is -1.64. The number of hydrogen-bond donors (Lipinski definition) is 1. The SMILES string of the molecule is COc1ccc(S(=O)(=O)N2CCOCC2)cc1CCC(=O)N[C@H](C)C(C)C. The molecule has 1 fully saturated rings. The number of methoxy groups -OCH3 is 1. The quantitative estimate of drug-likeness (QED) is 0.722. The molecule has 7 nitrogen and oxygen atoms in total. The van der Waals surface area contributed by atoms with Crippen LogP contribution in [0.4, 0.5) is 0 Å². The Balaban J connectivity index is 2.14. The number of benzene rings is 1. The summed E-state index contributed by atoms with van der Waals surface area (Å²) in [6.45, 7) is 7.56. The van der Waals surface area contributed by atoms with E-state index in [2.05, 4.69) is 5.32 Å². The molecule has 0 saturated carbocycles. The molecule has 0 aliphatic carbocycles. The largest absolute Gasteiger partial charge is 0.496 e. The number of aryl methyl sites for hydroxylation is 1. The molecule has 1 aliphatic heterocycles. The van der Waals surface area contributed by atoms with Gasteiger partial charge < -0.3 is 14.8 Å². The lowest BCUT2D eigenvalue weighted by atomic mass is 10.1. The van der Waals surface area contributed by atoms with Crippen molar-refractivity contribution >= 4 is 15.9 Å². The summed E-state index contributed by atoms with van der Waals surface area (Å²) in [5, 5.41) is 2.96. The summed E-state index contributed by atoms with van der Waals surface area (Å²) in [6, 6.07) is 4.90. The van der Waals surface area contributed by atoms with E-state index in [0.29, 0.717) is 50.0 Å². The molecule has 1 heterocycles. The zero-order valence-electron chi connectivity index (χ0n) is 16.5. The summed E-state index contributed by atoms with van der Waals surface area (Å²) in [7, 11) is -2.04. The topological polar surface area (TPSA) is 84.9 Å². The van der Waals surface area contributed by atoms with Crippen LogP contribution in [0.25, 0.3) is 0 Å². The molecule has 1 N–H and O–H groups in total. The average Bonchev–Trinajstić information content (AvgIpc) is 2.66. The molecule has 0 spiro atoms. The van der Waals surface area contributed by atoms with Crippen molar-refractivity contribution in [2.45, 2.75) is 44.6 Å². The lowest BCUT2D eigenvalue weighted by Gasteiger charge is -2.26. The van der Waals surface area contributed by atoms with Crippen LogP contribution in [0.2, 0.25) is 0 Å². The highest BCUT2D eigenvalue weighted by Crippen LogP contribution is 2.26. The predicted octanol–water partition coefficient (Wildman–Crippen LogP) is 1.81. The van der Waals surface area contributed by atoms with Crippen molar-refractivity contribution in [3.8, 4) is 5.75 Å². The standard InChI is InChI=1S/C19H30N2O5S/c1-14(2)15(3)20-19(22)8-5-16-13-17(6-7-18(16)25-4)27(23,24)21-9-11-26-12-10-21/h6-7,13-15H,5,8-12H2,1-4H3,(H,20,22)/t15-/m1/s1. The van der Waals surface area contributed by atoms with Crippen molar-refractivity contribution in [2.24, 2.45) is 5.92 Å². The van der Waals surface area contributed by atoms with Gasteiger partial charge in [-0.15, -0.1) is 0 Å². The van der Waals surface area contributed by atoms with Gasteiger partial charge in [-0.2, -0.15) is 4.31 Å². The zero-order chi connectivity index (χ0) is 20.0. The van der Waals surface area contributed by atoms with E-state index in [9.17, 15) is 13.2 Å². The first-order chi connectivity index (χ1) is 12.8. The van der Waals surface area contributed by atoms with Crippen LogP contribution in [0.3, 0.4) is 0 Å². The highest BCUT2D eigenvalue weighted by atomic mass is 32.2. The predicted molar refractivity (Wildman–Crippen MR) is 103 cm³/mol. The first-order valence-corrected chi connectivity index (χ1v) is 10.7. The number of rotatable bonds is 8. The van der Waals surface area contributed by atoms with Crippen molar-refractivity contribution in [1.82, 2.24) is 9.62 Å². The Kier molecular flexibility index (Phi) is 7.64. The van der Waals surface area contributed by atoms with E-state index >= 15 is 0 Å². The van der Waals surface area contributed by atoms with Crippen LogP contribution in [0, 0.1) is 5.92 Å². The van der Waals surface area contributed by atoms with Gasteiger partial charge in [-0.05, 0) is 43.0 Å². The first-order valence-electron chi connectivity index (χ1n) is 9.30. The third-order valence-corrected chi connectivity index (χ3v) is 6.76. The fourth-order valence-corrected chi connectivity index (χ4v) is 4.25. The smallest absolute Gasteiger partial charge is 0.243 e. The van der Waals surface area contributed by atoms with Gasteiger partial charge in [0.25, 0.3) is 0 Å². The summed E-state index contributed by atoms with van der Waals surface area (Å²) in [6.07, 6.45) is 0.681. The van der Waals surface area contributed by atoms with E-state index in [1.54, 1.807) is 18.2 Å². The molecule has 0 bridgehead atoms. The maximum Gasteiger partial charge on any atom is 0.243 e. The maximum atomic E-state index is 12.8. The van der Waals surface area contributed by atoms with E-state index < -0.39 is 10.0 Å². The fraction of sp³-hybridized carbons (Fsp3) is 0.632. The number of nitrogens with one attached hydrogen (secondary N) is 1. The Labute approximate surface area is 162 Å². The molecule has 1 aromatic rings. The molecule has 8 heteroatoms. The number of sulfonamides is 1. The van der Waals surface area contributed by atoms with Crippen molar-refractivity contribution in [2.75, 3.05) is 33.4 Å². The Morgan fingerprint density at radius 1 is 1.26 bits per heavy atom. The highest BCUT2D eigenvalue weighted by molar-refractivity contribution is 7.89. The third kappa shape index (κ3) is 5.67. The van der Waals surface area contributed by atoms with Gasteiger partial charge in [0.15, 0.2) is 0 Å². The number of nitrogens with zero attached hydrogens (tertiary/aromatic N) is 1. The number of carbonyl (C=O) groups excluding carboxylic acids is 1. The minimum atomic E-state index is -3.58. The Morgan fingerprint density at radius 3 is 2.52 bits per heavy atom. The average molecular weight is 399 g/mol. The molecule has 0 unspecified atom stereocenters. The van der Waals surface area contributed by atoms with Crippen LogP contribution in [-0.2, 0) is 26.0 Å². The van der Waals surface area contributed by atoms with Gasteiger partial charge in [-0.1, -0.05) is 13.8 Å². The molecule has 0 radical (unpaired) electrons. The van der Waals surface area contributed by atoms with Gasteiger partial charge in [0.1, 0.15) is 5.75 Å². The molecule has 2 rings (SSSR count). The van der Waals surface area contributed by atoms with Crippen molar-refractivity contribution < 1.29 is 22.7 Å². The van der Waals surface area contributed by atoms with Gasteiger partial charge in [0, 0.05) is 25.6 Å². The molecule has 1 amide bonds. The molecule has 1 atom stereocenters. The molecular formula is C19H30N2O5S. The summed E-state index contributed by atoms with van der Waals surface area (Å²) >= 11 is 0. The van der Waals surface area contributed by atoms with Crippen LogP contribution < -0.4 is 10.1 Å². The van der Waals surface area contributed by atoms with Gasteiger partial charge in [0.05, 0.1) is 25.2 Å². The number of amides is 1. The van der Waals surface area contributed by atoms with Crippen LogP contribution in [0.1, 0.15) is 32.8 Å². The molecule has 1 aromatic carbocycles. The van der Waals surface area contributed by atoms with Crippen molar-refractivity contribution in [3.05, 3.63) is 23.8 Å². The minimum Gasteiger partial charge on any atom is -0.496 e. The number of morpholine rings is 1. The summed E-state index contributed by atoms with van der Waals surface area (Å²) in [4.78, 5) is 12.4. The van der Waals surface area contributed by atoms with Crippen LogP contribution in [-0.4, -0.2) is 58.1 Å². The lowest BCUT2D eigenvalue weighted by molar-refractivity contribution is -0.121. The van der Waals surface area contributed by atoms with Crippen molar-refractivity contribution in [1.29, 1.82) is 0 Å². The van der Waals surface area contributed by atoms with E-state index in [1.165, 1.54) is 11.4 Å². The highest BCUT2D eigenvalue weighted by Gasteiger charge is 2.27. The molecule has 152 valence electrons. The normalized spacial score (nSPS) is 16.9. The second kappa shape index (κ2) is 9.52. The molecule has 0 aromatic heterocycles. The lowest BCUT2D eigenvalue weighted by Crippen LogP contribution is -2.40. The molecule has 1 saturated heterocycles. The summed E-state index contributed by atoms with van der Waals surface area (Å²) in [5.41, 5.74) is 0.708. The zero-order valence-corrected chi connectivity index (χ0v) is 17.3. The van der Waals surface area contributed by atoms with Crippen LogP contribution >= 0.6 is 0 Å². The Bertz CT molecular complexity index is 742.